The van der Waals surface area contributed by atoms with Crippen LogP contribution in [0.15, 0.2) is 94.5 Å². The summed E-state index contributed by atoms with van der Waals surface area (Å²) in [5.41, 5.74) is 5.77. The topological polar surface area (TPSA) is 92.8 Å². The first-order valence-corrected chi connectivity index (χ1v) is 14.0. The number of carbonyl (C=O) groups excluding carboxylic acids is 2. The van der Waals surface area contributed by atoms with Gasteiger partial charge in [-0.25, -0.2) is 10.2 Å². The molecule has 0 saturated carbocycles. The lowest BCUT2D eigenvalue weighted by atomic mass is 10.0. The summed E-state index contributed by atoms with van der Waals surface area (Å²) in [5, 5.41) is 5.87. The Bertz CT molecular complexity index is 1780. The van der Waals surface area contributed by atoms with Gasteiger partial charge in [-0.1, -0.05) is 69.5 Å². The van der Waals surface area contributed by atoms with Gasteiger partial charge in [0.25, 0.3) is 5.91 Å². The molecule has 1 aromatic heterocycles. The Morgan fingerprint density at radius 3 is 2.46 bits per heavy atom. The molecule has 41 heavy (non-hydrogen) atoms. The highest BCUT2D eigenvalue weighted by molar-refractivity contribution is 9.10. The average molecular weight is 651 g/mol. The van der Waals surface area contributed by atoms with E-state index in [4.69, 9.17) is 32.7 Å². The van der Waals surface area contributed by atoms with E-state index in [1.165, 1.54) is 6.21 Å². The lowest BCUT2D eigenvalue weighted by Crippen LogP contribution is -2.19. The second-order valence-corrected chi connectivity index (χ2v) is 10.5. The second-order valence-electron chi connectivity index (χ2n) is 8.75. The fourth-order valence-corrected chi connectivity index (χ4v) is 4.94. The molecule has 0 bridgehead atoms. The predicted molar refractivity (Wildman–Crippen MR) is 166 cm³/mol. The van der Waals surface area contributed by atoms with Crippen molar-refractivity contribution in [2.24, 2.45) is 5.10 Å². The number of benzene rings is 4. The second kappa shape index (κ2) is 12.6. The minimum absolute atomic E-state index is 0.264. The summed E-state index contributed by atoms with van der Waals surface area (Å²) < 4.78 is 12.1. The van der Waals surface area contributed by atoms with Gasteiger partial charge < -0.3 is 14.5 Å². The van der Waals surface area contributed by atoms with Crippen LogP contribution in [0.5, 0.6) is 11.5 Å². The van der Waals surface area contributed by atoms with Gasteiger partial charge in [-0.3, -0.25) is 4.79 Å². The van der Waals surface area contributed by atoms with Crippen LogP contribution in [0.1, 0.15) is 33.3 Å². The number of halogens is 3. The first-order valence-electron chi connectivity index (χ1n) is 12.5. The summed E-state index contributed by atoms with van der Waals surface area (Å²) in [5.74, 6) is -0.367. The van der Waals surface area contributed by atoms with E-state index in [0.29, 0.717) is 50.2 Å². The van der Waals surface area contributed by atoms with Crippen LogP contribution in [-0.2, 0) is 0 Å². The first kappa shape index (κ1) is 28.4. The Morgan fingerprint density at radius 2 is 1.71 bits per heavy atom. The number of hydrogen-bond acceptors (Lipinski definition) is 5. The quantitative estimate of drug-likeness (QED) is 0.0765. The van der Waals surface area contributed by atoms with Crippen molar-refractivity contribution in [1.29, 1.82) is 0 Å². The summed E-state index contributed by atoms with van der Waals surface area (Å²) in [7, 11) is 0. The number of ether oxygens (including phenoxy) is 2. The molecule has 0 radical (unpaired) electrons. The molecule has 0 atom stereocenters. The van der Waals surface area contributed by atoms with Crippen LogP contribution < -0.4 is 14.9 Å². The molecule has 0 spiro atoms. The van der Waals surface area contributed by atoms with Gasteiger partial charge in [0.05, 0.1) is 28.9 Å². The Balaban J connectivity index is 1.38. The lowest BCUT2D eigenvalue weighted by Gasteiger charge is -2.11. The lowest BCUT2D eigenvalue weighted by molar-refractivity contribution is 0.0728. The van der Waals surface area contributed by atoms with Gasteiger partial charge in [0.1, 0.15) is 5.69 Å². The number of esters is 1. The van der Waals surface area contributed by atoms with Crippen LogP contribution in [0.3, 0.4) is 0 Å². The number of hydrogen-bond donors (Lipinski definition) is 2. The number of nitrogens with one attached hydrogen (secondary N) is 2. The number of fused-ring (bicyclic) bond motifs is 1. The Labute approximate surface area is 254 Å². The molecular formula is C31H22BrCl2N3O4. The van der Waals surface area contributed by atoms with Gasteiger partial charge in [0.15, 0.2) is 11.5 Å². The molecule has 0 aliphatic carbocycles. The van der Waals surface area contributed by atoms with E-state index < -0.39 is 11.9 Å². The molecule has 1 amide bonds. The number of hydrazone groups is 1. The molecule has 5 aromatic rings. The van der Waals surface area contributed by atoms with Crippen LogP contribution in [0, 0.1) is 0 Å². The van der Waals surface area contributed by atoms with Gasteiger partial charge in [-0.05, 0) is 67.1 Å². The van der Waals surface area contributed by atoms with Crippen molar-refractivity contribution in [3.63, 3.8) is 0 Å². The Morgan fingerprint density at radius 1 is 0.951 bits per heavy atom. The Hall–Kier alpha value is -4.11. The van der Waals surface area contributed by atoms with Gasteiger partial charge >= 0.3 is 5.97 Å². The summed E-state index contributed by atoms with van der Waals surface area (Å²) in [4.78, 5) is 29.0. The van der Waals surface area contributed by atoms with Crippen LogP contribution in [-0.4, -0.2) is 29.7 Å². The third-order valence-electron chi connectivity index (χ3n) is 6.08. The molecule has 10 heteroatoms. The van der Waals surface area contributed by atoms with Crippen LogP contribution >= 0.6 is 39.1 Å². The number of amides is 1. The van der Waals surface area contributed by atoms with Crippen molar-refractivity contribution < 1.29 is 19.1 Å². The zero-order valence-corrected chi connectivity index (χ0v) is 24.7. The molecule has 0 saturated heterocycles. The number of para-hydroxylation sites is 1. The minimum atomic E-state index is -0.514. The summed E-state index contributed by atoms with van der Waals surface area (Å²) >= 11 is 16.3. The van der Waals surface area contributed by atoms with Gasteiger partial charge in [0, 0.05) is 26.0 Å². The molecular weight excluding hydrogens is 629 g/mol. The average Bonchev–Trinajstić information content (AvgIpc) is 3.36. The third-order valence-corrected chi connectivity index (χ3v) is 7.26. The van der Waals surface area contributed by atoms with Crippen molar-refractivity contribution in [3.8, 4) is 22.6 Å². The molecule has 1 heterocycles. The molecule has 7 nitrogen and oxygen atoms in total. The monoisotopic (exact) mass is 649 g/mol. The highest BCUT2D eigenvalue weighted by Gasteiger charge is 2.22. The third kappa shape index (κ3) is 6.30. The fraction of sp³-hybridized carbons (Fsp3) is 0.0645. The summed E-state index contributed by atoms with van der Waals surface area (Å²) in [6.07, 6.45) is 1.46. The SMILES string of the molecule is CCOc1cc(C=NNC(=O)c2[nH]c3c(Cl)cccc3c2-c2ccccc2Cl)ccc1OC(=O)c1ccc(Br)cc1. The van der Waals surface area contributed by atoms with E-state index in [0.717, 1.165) is 9.86 Å². The van der Waals surface area contributed by atoms with Crippen molar-refractivity contribution in [3.05, 3.63) is 116 Å². The van der Waals surface area contributed by atoms with E-state index in [1.54, 1.807) is 54.6 Å². The molecule has 5 rings (SSSR count). The molecule has 2 N–H and O–H groups in total. The number of carbonyl (C=O) groups is 2. The number of rotatable bonds is 8. The predicted octanol–water partition coefficient (Wildman–Crippen LogP) is 8.29. The normalized spacial score (nSPS) is 11.1. The Kier molecular flexibility index (Phi) is 8.73. The molecule has 206 valence electrons. The fourth-order valence-electron chi connectivity index (χ4n) is 4.22. The van der Waals surface area contributed by atoms with Crippen LogP contribution in [0.25, 0.3) is 22.0 Å². The van der Waals surface area contributed by atoms with Crippen molar-refractivity contribution in [1.82, 2.24) is 10.4 Å². The molecule has 0 fully saturated rings. The van der Waals surface area contributed by atoms with E-state index in [-0.39, 0.29) is 11.4 Å². The van der Waals surface area contributed by atoms with Gasteiger partial charge in [-0.15, -0.1) is 0 Å². The zero-order valence-electron chi connectivity index (χ0n) is 21.6. The first-order chi connectivity index (χ1) is 19.9. The minimum Gasteiger partial charge on any atom is -0.490 e. The smallest absolute Gasteiger partial charge is 0.343 e. The van der Waals surface area contributed by atoms with Crippen molar-refractivity contribution in [2.75, 3.05) is 6.61 Å². The van der Waals surface area contributed by atoms with E-state index >= 15 is 0 Å². The van der Waals surface area contributed by atoms with E-state index in [1.807, 2.05) is 37.3 Å². The van der Waals surface area contributed by atoms with Gasteiger partial charge in [0.2, 0.25) is 0 Å². The maximum Gasteiger partial charge on any atom is 0.343 e. The number of aromatic nitrogens is 1. The molecule has 4 aromatic carbocycles. The summed E-state index contributed by atoms with van der Waals surface area (Å²) in [6, 6.07) is 24.5. The number of nitrogens with zero attached hydrogens (tertiary/aromatic N) is 1. The molecule has 0 unspecified atom stereocenters. The number of aromatic amines is 1. The van der Waals surface area contributed by atoms with Crippen molar-refractivity contribution >= 4 is 68.1 Å². The van der Waals surface area contributed by atoms with Crippen molar-refractivity contribution in [2.45, 2.75) is 6.92 Å². The van der Waals surface area contributed by atoms with E-state index in [9.17, 15) is 9.59 Å². The molecule has 0 aliphatic rings. The van der Waals surface area contributed by atoms with Gasteiger partial charge in [-0.2, -0.15) is 5.10 Å². The maximum atomic E-state index is 13.3. The molecule has 0 aliphatic heterocycles. The largest absolute Gasteiger partial charge is 0.490 e. The van der Waals surface area contributed by atoms with E-state index in [2.05, 4.69) is 31.4 Å². The standard InChI is InChI=1S/C31H22BrCl2N3O4/c1-2-40-26-16-18(10-15-25(26)41-31(39)19-11-13-20(32)14-12-19)17-35-37-30(38)29-27(21-6-3-4-8-23(21)33)22-7-5-9-24(34)28(22)36-29/h3-17,36H,2H2,1H3,(H,37,38). The zero-order chi connectivity index (χ0) is 28.9. The van der Waals surface area contributed by atoms with Crippen LogP contribution in [0.4, 0.5) is 0 Å². The van der Waals surface area contributed by atoms with Crippen LogP contribution in [0.2, 0.25) is 10.0 Å². The highest BCUT2D eigenvalue weighted by atomic mass is 79.9. The number of H-pyrrole nitrogens is 1. The summed E-state index contributed by atoms with van der Waals surface area (Å²) in [6.45, 7) is 2.18. The maximum absolute atomic E-state index is 13.3. The highest BCUT2D eigenvalue weighted by Crippen LogP contribution is 2.38.